The smallest absolute Gasteiger partial charge is 0.286 e. The van der Waals surface area contributed by atoms with Gasteiger partial charge < -0.3 is 14.3 Å². The van der Waals surface area contributed by atoms with E-state index in [2.05, 4.69) is 15.5 Å². The van der Waals surface area contributed by atoms with Crippen LogP contribution >= 0.6 is 11.8 Å². The van der Waals surface area contributed by atoms with Gasteiger partial charge in [-0.15, -0.1) is 0 Å². The summed E-state index contributed by atoms with van der Waals surface area (Å²) in [5.74, 6) is 1.03. The molecular weight excluding hydrogens is 394 g/mol. The Balaban J connectivity index is 1.35. The Morgan fingerprint density at radius 2 is 1.97 bits per heavy atom. The molecule has 0 saturated carbocycles. The zero-order valence-corrected chi connectivity index (χ0v) is 16.7. The lowest BCUT2D eigenvalue weighted by atomic mass is 10.1. The summed E-state index contributed by atoms with van der Waals surface area (Å²) in [5.41, 5.74) is 1.77. The Morgan fingerprint density at radius 3 is 2.62 bits per heavy atom. The van der Waals surface area contributed by atoms with Gasteiger partial charge in [-0.05, 0) is 37.1 Å². The van der Waals surface area contributed by atoms with Gasteiger partial charge >= 0.3 is 0 Å². The number of thioether (sulfide) groups is 1. The summed E-state index contributed by atoms with van der Waals surface area (Å²) < 4.78 is 10.9. The van der Waals surface area contributed by atoms with E-state index in [1.807, 2.05) is 37.3 Å². The van der Waals surface area contributed by atoms with Crippen LogP contribution in [-0.2, 0) is 16.1 Å². The first kappa shape index (κ1) is 20.7. The van der Waals surface area contributed by atoms with E-state index >= 15 is 0 Å². The number of carbonyl (C=O) groups is 2. The number of benzene rings is 1. The molecule has 152 valence electrons. The van der Waals surface area contributed by atoms with Crippen molar-refractivity contribution in [3.8, 4) is 11.6 Å². The first-order valence-corrected chi connectivity index (χ1v) is 9.99. The van der Waals surface area contributed by atoms with Crippen LogP contribution in [0.25, 0.3) is 0 Å². The van der Waals surface area contributed by atoms with Gasteiger partial charge in [0.15, 0.2) is 6.61 Å². The van der Waals surface area contributed by atoms with Gasteiger partial charge in [-0.1, -0.05) is 29.1 Å². The summed E-state index contributed by atoms with van der Waals surface area (Å²) in [6.45, 7) is 3.11. The third-order valence-corrected chi connectivity index (χ3v) is 4.86. The number of hydrogen-bond donors (Lipinski definition) is 1. The number of nitrogens with one attached hydrogen (secondary N) is 1. The van der Waals surface area contributed by atoms with Crippen LogP contribution in [0.3, 0.4) is 0 Å². The summed E-state index contributed by atoms with van der Waals surface area (Å²) in [6.07, 6.45) is 3.72. The van der Waals surface area contributed by atoms with Gasteiger partial charge in [-0.3, -0.25) is 14.9 Å². The molecule has 0 bridgehead atoms. The topological polar surface area (TPSA) is 99.1 Å². The molecule has 2 aromatic rings. The minimum Gasteiger partial charge on any atom is -0.490 e. The van der Waals surface area contributed by atoms with Crippen molar-refractivity contribution in [1.82, 2.24) is 10.3 Å². The quantitative estimate of drug-likeness (QED) is 0.362. The molecule has 3 rings (SSSR count). The molecule has 1 unspecified atom stereocenters. The Hall–Kier alpha value is -3.07. The number of rotatable bonds is 10. The minimum absolute atomic E-state index is 0.237. The maximum atomic E-state index is 11.6. The Kier molecular flexibility index (Phi) is 7.46. The van der Waals surface area contributed by atoms with Crippen molar-refractivity contribution >= 4 is 29.1 Å². The molecule has 1 aromatic carbocycles. The average molecular weight is 415 g/mol. The van der Waals surface area contributed by atoms with Crippen LogP contribution in [0.5, 0.6) is 11.6 Å². The highest BCUT2D eigenvalue weighted by Crippen LogP contribution is 2.23. The zero-order valence-electron chi connectivity index (χ0n) is 15.9. The van der Waals surface area contributed by atoms with Crippen LogP contribution in [0.2, 0.25) is 0 Å². The number of nitrogens with zero attached hydrogens (tertiary/aromatic N) is 2. The van der Waals surface area contributed by atoms with E-state index in [4.69, 9.17) is 14.3 Å². The van der Waals surface area contributed by atoms with Crippen LogP contribution in [0, 0.1) is 0 Å². The molecule has 1 atom stereocenters. The van der Waals surface area contributed by atoms with Crippen molar-refractivity contribution in [1.29, 1.82) is 0 Å². The molecule has 29 heavy (non-hydrogen) atoms. The monoisotopic (exact) mass is 415 g/mol. The van der Waals surface area contributed by atoms with Gasteiger partial charge in [0.2, 0.25) is 11.8 Å². The summed E-state index contributed by atoms with van der Waals surface area (Å²) >= 11 is 1.02. The summed E-state index contributed by atoms with van der Waals surface area (Å²) in [6, 6.07) is 11.0. The normalized spacial score (nSPS) is 16.1. The molecule has 2 heterocycles. The van der Waals surface area contributed by atoms with Gasteiger partial charge in [0.05, 0.1) is 18.1 Å². The predicted octanol–water partition coefficient (Wildman–Crippen LogP) is 2.80. The number of pyridine rings is 1. The fourth-order valence-corrected chi connectivity index (χ4v) is 3.37. The highest BCUT2D eigenvalue weighted by Gasteiger charge is 2.31. The molecule has 1 aliphatic rings. The van der Waals surface area contributed by atoms with Gasteiger partial charge in [0, 0.05) is 17.8 Å². The molecule has 0 radical (unpaired) electrons. The molecule has 1 aromatic heterocycles. The molecule has 1 saturated heterocycles. The van der Waals surface area contributed by atoms with Crippen molar-refractivity contribution in [2.45, 2.75) is 18.6 Å². The molecule has 0 spiro atoms. The second-order valence-electron chi connectivity index (χ2n) is 6.01. The van der Waals surface area contributed by atoms with Gasteiger partial charge in [-0.2, -0.15) is 0 Å². The highest BCUT2D eigenvalue weighted by molar-refractivity contribution is 8.15. The zero-order chi connectivity index (χ0) is 20.5. The van der Waals surface area contributed by atoms with Crippen LogP contribution in [-0.4, -0.2) is 47.4 Å². The molecule has 0 aliphatic carbocycles. The van der Waals surface area contributed by atoms with Crippen LogP contribution in [0.15, 0.2) is 47.8 Å². The van der Waals surface area contributed by atoms with E-state index in [1.54, 1.807) is 18.5 Å². The number of aromatic nitrogens is 1. The summed E-state index contributed by atoms with van der Waals surface area (Å²) in [4.78, 5) is 32.1. The van der Waals surface area contributed by atoms with Crippen molar-refractivity contribution in [2.75, 3.05) is 19.8 Å². The standard InChI is InChI=1S/C20H21N3O5S/c1-2-26-18-8-5-15(12-21-18)13-22-28-10-9-27-16-6-3-14(4-7-16)11-17-19(24)23-20(25)29-17/h3-8,12-13,17H,2,9-11H2,1H3,(H,23,24,25)/b22-13-. The van der Waals surface area contributed by atoms with Crippen molar-refractivity contribution < 1.29 is 23.9 Å². The number of imide groups is 1. The molecule has 1 fully saturated rings. The van der Waals surface area contributed by atoms with E-state index in [0.717, 1.165) is 22.9 Å². The van der Waals surface area contributed by atoms with E-state index in [1.165, 1.54) is 0 Å². The lowest BCUT2D eigenvalue weighted by molar-refractivity contribution is -0.118. The van der Waals surface area contributed by atoms with E-state index in [9.17, 15) is 9.59 Å². The third-order valence-electron chi connectivity index (χ3n) is 3.88. The fraction of sp³-hybridized carbons (Fsp3) is 0.300. The SMILES string of the molecule is CCOc1ccc(/C=N\OCCOc2ccc(CC3SC(=O)NC3=O)cc2)cn1. The van der Waals surface area contributed by atoms with E-state index in [-0.39, 0.29) is 16.4 Å². The number of ether oxygens (including phenoxy) is 2. The van der Waals surface area contributed by atoms with Crippen molar-refractivity contribution in [2.24, 2.45) is 5.16 Å². The maximum absolute atomic E-state index is 11.6. The summed E-state index contributed by atoms with van der Waals surface area (Å²) in [5, 5.41) is 5.51. The number of hydrogen-bond acceptors (Lipinski definition) is 8. The second-order valence-corrected chi connectivity index (χ2v) is 7.19. The lowest BCUT2D eigenvalue weighted by Crippen LogP contribution is -2.25. The molecular formula is C20H21N3O5S. The molecule has 2 amide bonds. The van der Waals surface area contributed by atoms with Crippen LogP contribution < -0.4 is 14.8 Å². The van der Waals surface area contributed by atoms with Gasteiger partial charge in [0.1, 0.15) is 12.4 Å². The van der Waals surface area contributed by atoms with E-state index < -0.39 is 0 Å². The Bertz CT molecular complexity index is 855. The maximum Gasteiger partial charge on any atom is 0.286 e. The molecule has 9 heteroatoms. The van der Waals surface area contributed by atoms with E-state index in [0.29, 0.717) is 37.9 Å². The van der Waals surface area contributed by atoms with Crippen molar-refractivity contribution in [3.05, 3.63) is 53.7 Å². The van der Waals surface area contributed by atoms with Crippen molar-refractivity contribution in [3.63, 3.8) is 0 Å². The molecule has 1 N–H and O–H groups in total. The third kappa shape index (κ3) is 6.49. The molecule has 1 aliphatic heterocycles. The van der Waals surface area contributed by atoms with Gasteiger partial charge in [0.25, 0.3) is 5.24 Å². The highest BCUT2D eigenvalue weighted by atomic mass is 32.2. The number of amides is 2. The second kappa shape index (κ2) is 10.5. The van der Waals surface area contributed by atoms with Gasteiger partial charge in [-0.25, -0.2) is 4.98 Å². The Morgan fingerprint density at radius 1 is 1.14 bits per heavy atom. The largest absolute Gasteiger partial charge is 0.490 e. The van der Waals surface area contributed by atoms with Crippen LogP contribution in [0.4, 0.5) is 4.79 Å². The number of carbonyl (C=O) groups excluding carboxylic acids is 2. The summed E-state index contributed by atoms with van der Waals surface area (Å²) in [7, 11) is 0. The average Bonchev–Trinajstić information content (AvgIpc) is 3.04. The first-order valence-electron chi connectivity index (χ1n) is 9.11. The lowest BCUT2D eigenvalue weighted by Gasteiger charge is -2.08. The minimum atomic E-state index is -0.369. The predicted molar refractivity (Wildman–Crippen MR) is 110 cm³/mol. The number of oxime groups is 1. The Labute approximate surface area is 172 Å². The van der Waals surface area contributed by atoms with Crippen LogP contribution in [0.1, 0.15) is 18.1 Å². The fourth-order valence-electron chi connectivity index (χ4n) is 2.51. The first-order chi connectivity index (χ1) is 14.1. The molecule has 8 nitrogen and oxygen atoms in total.